The summed E-state index contributed by atoms with van der Waals surface area (Å²) < 4.78 is 4.01. The van der Waals surface area contributed by atoms with E-state index in [4.69, 9.17) is 16.3 Å². The molecule has 2 saturated heterocycles. The molecule has 0 bridgehead atoms. The number of likely N-dealkylation sites (tertiary alicyclic amines) is 1. The number of amides is 3. The van der Waals surface area contributed by atoms with Crippen molar-refractivity contribution in [1.29, 1.82) is 0 Å². The van der Waals surface area contributed by atoms with Crippen LogP contribution in [0.15, 0.2) is 72.8 Å². The van der Waals surface area contributed by atoms with Gasteiger partial charge in [0.1, 0.15) is 11.8 Å². The van der Waals surface area contributed by atoms with Crippen molar-refractivity contribution < 1.29 is 24.2 Å². The van der Waals surface area contributed by atoms with Gasteiger partial charge < -0.3 is 24.5 Å². The Kier molecular flexibility index (Phi) is 9.05. The van der Waals surface area contributed by atoms with Crippen molar-refractivity contribution in [3.63, 3.8) is 0 Å². The number of thioether (sulfide) groups is 1. The molecule has 10 heteroatoms. The molecule has 45 heavy (non-hydrogen) atoms. The molecule has 238 valence electrons. The highest BCUT2D eigenvalue weighted by Gasteiger charge is 2.74. The number of carbonyl (C=O) groups is 3. The van der Waals surface area contributed by atoms with Gasteiger partial charge in [0.15, 0.2) is 0 Å². The number of aliphatic hydroxyl groups is 1. The standard InChI is InChI=1S/C35H40ClN3O5S/c1-3-44-27-16-14-26(15-17-27)37-21-8-18-34(2)28(31(37)41)29-32(42)39(20-6-4-5-7-23-40)30-33(43)38(22-9-19-35(29,30)45-34)25-12-10-24(36)11-13-25/h8-19,28-30,40H,3-7,20-23H2,1-2H3/t28-,29-,30?,34+,35-/m0/s1. The van der Waals surface area contributed by atoms with Gasteiger partial charge in [-0.1, -0.05) is 48.7 Å². The topological polar surface area (TPSA) is 90.4 Å². The number of fused-ring (bicyclic) bond motifs is 2. The van der Waals surface area contributed by atoms with E-state index >= 15 is 0 Å². The van der Waals surface area contributed by atoms with Crippen LogP contribution in [-0.4, -0.2) is 76.1 Å². The molecule has 0 saturated carbocycles. The number of ether oxygens (including phenoxy) is 1. The quantitative estimate of drug-likeness (QED) is 0.271. The summed E-state index contributed by atoms with van der Waals surface area (Å²) in [7, 11) is 0. The third kappa shape index (κ3) is 5.57. The molecule has 2 fully saturated rings. The van der Waals surface area contributed by atoms with Crippen LogP contribution in [0.3, 0.4) is 0 Å². The number of hydrogen-bond acceptors (Lipinski definition) is 6. The van der Waals surface area contributed by atoms with Crippen molar-refractivity contribution in [3.8, 4) is 5.75 Å². The van der Waals surface area contributed by atoms with Crippen LogP contribution >= 0.6 is 23.4 Å². The van der Waals surface area contributed by atoms with Gasteiger partial charge in [-0.15, -0.1) is 11.8 Å². The number of nitrogens with zero attached hydrogens (tertiary/aromatic N) is 3. The molecule has 2 aromatic rings. The van der Waals surface area contributed by atoms with Gasteiger partial charge in [0.05, 0.1) is 23.2 Å². The lowest BCUT2D eigenvalue weighted by Gasteiger charge is -2.37. The lowest BCUT2D eigenvalue weighted by atomic mass is 9.74. The zero-order valence-corrected chi connectivity index (χ0v) is 27.3. The van der Waals surface area contributed by atoms with Crippen LogP contribution in [0, 0.1) is 11.8 Å². The molecular formula is C35H40ClN3O5S. The molecule has 1 unspecified atom stereocenters. The highest BCUT2D eigenvalue weighted by Crippen LogP contribution is 2.65. The third-order valence-corrected chi connectivity index (χ3v) is 11.5. The molecular weight excluding hydrogens is 610 g/mol. The first-order chi connectivity index (χ1) is 21.7. The van der Waals surface area contributed by atoms with Gasteiger partial charge >= 0.3 is 0 Å². The van der Waals surface area contributed by atoms with E-state index in [0.717, 1.165) is 24.3 Å². The van der Waals surface area contributed by atoms with E-state index in [0.29, 0.717) is 49.8 Å². The summed E-state index contributed by atoms with van der Waals surface area (Å²) >= 11 is 7.76. The van der Waals surface area contributed by atoms with Gasteiger partial charge in [0.2, 0.25) is 11.8 Å². The second-order valence-corrected chi connectivity index (χ2v) is 14.5. The molecule has 6 rings (SSSR count). The molecule has 1 spiro atoms. The van der Waals surface area contributed by atoms with Crippen LogP contribution < -0.4 is 14.5 Å². The molecule has 4 aliphatic rings. The number of unbranched alkanes of at least 4 members (excludes halogenated alkanes) is 3. The van der Waals surface area contributed by atoms with Crippen molar-refractivity contribution in [1.82, 2.24) is 4.90 Å². The number of aliphatic hydroxyl groups excluding tert-OH is 1. The monoisotopic (exact) mass is 649 g/mol. The van der Waals surface area contributed by atoms with Crippen molar-refractivity contribution in [3.05, 3.63) is 77.9 Å². The van der Waals surface area contributed by atoms with Crippen LogP contribution in [0.1, 0.15) is 39.5 Å². The Morgan fingerprint density at radius 2 is 1.47 bits per heavy atom. The third-order valence-electron chi connectivity index (χ3n) is 9.46. The SMILES string of the molecule is CCOc1ccc(N2CC=C[C@@]3(C)S[C@]45C=CCN(c6ccc(Cl)cc6)C(=O)C4N(CCCCCCO)C(=O)[C@@H]5[C@H]3C2=O)cc1. The average molecular weight is 650 g/mol. The zero-order valence-electron chi connectivity index (χ0n) is 25.7. The van der Waals surface area contributed by atoms with E-state index < -0.39 is 27.4 Å². The Labute approximate surface area is 274 Å². The normalized spacial score (nSPS) is 29.0. The molecule has 8 nitrogen and oxygen atoms in total. The molecule has 5 atom stereocenters. The molecule has 0 aliphatic carbocycles. The van der Waals surface area contributed by atoms with Crippen LogP contribution in [-0.2, 0) is 14.4 Å². The lowest BCUT2D eigenvalue weighted by Crippen LogP contribution is -2.53. The lowest BCUT2D eigenvalue weighted by molar-refractivity contribution is -0.139. The maximum Gasteiger partial charge on any atom is 0.251 e. The Balaban J connectivity index is 1.39. The number of hydrogen-bond donors (Lipinski definition) is 1. The number of carbonyl (C=O) groups excluding carboxylic acids is 3. The van der Waals surface area contributed by atoms with E-state index in [1.807, 2.05) is 68.5 Å². The minimum atomic E-state index is -0.915. The minimum absolute atomic E-state index is 0.113. The highest BCUT2D eigenvalue weighted by molar-refractivity contribution is 8.02. The van der Waals surface area contributed by atoms with Crippen molar-refractivity contribution >= 4 is 52.5 Å². The second-order valence-electron chi connectivity index (χ2n) is 12.3. The summed E-state index contributed by atoms with van der Waals surface area (Å²) in [6.07, 6.45) is 11.2. The summed E-state index contributed by atoms with van der Waals surface area (Å²) in [4.78, 5) is 49.2. The number of benzene rings is 2. The van der Waals surface area contributed by atoms with Gasteiger partial charge in [-0.05, 0) is 75.2 Å². The first-order valence-electron chi connectivity index (χ1n) is 15.8. The Morgan fingerprint density at radius 1 is 0.844 bits per heavy atom. The van der Waals surface area contributed by atoms with E-state index in [1.54, 1.807) is 38.6 Å². The molecule has 4 heterocycles. The minimum Gasteiger partial charge on any atom is -0.494 e. The smallest absolute Gasteiger partial charge is 0.251 e. The summed E-state index contributed by atoms with van der Waals surface area (Å²) in [6, 6.07) is 13.9. The fourth-order valence-electron chi connectivity index (χ4n) is 7.48. The van der Waals surface area contributed by atoms with Gasteiger partial charge in [-0.2, -0.15) is 0 Å². The maximum atomic E-state index is 14.7. The van der Waals surface area contributed by atoms with Gasteiger partial charge in [-0.25, -0.2) is 0 Å². The van der Waals surface area contributed by atoms with Gasteiger partial charge in [-0.3, -0.25) is 14.4 Å². The Hall–Kier alpha value is -3.27. The predicted octanol–water partition coefficient (Wildman–Crippen LogP) is 5.48. The first kappa shape index (κ1) is 31.7. The molecule has 1 N–H and O–H groups in total. The maximum absolute atomic E-state index is 14.7. The fraction of sp³-hybridized carbons (Fsp3) is 0.457. The van der Waals surface area contributed by atoms with Crippen molar-refractivity contribution in [2.45, 2.75) is 55.1 Å². The van der Waals surface area contributed by atoms with E-state index in [1.165, 1.54) is 0 Å². The second kappa shape index (κ2) is 12.9. The Morgan fingerprint density at radius 3 is 2.13 bits per heavy atom. The molecule has 0 radical (unpaired) electrons. The molecule has 3 amide bonds. The number of rotatable bonds is 10. The van der Waals surface area contributed by atoms with E-state index in [9.17, 15) is 19.5 Å². The van der Waals surface area contributed by atoms with Crippen LogP contribution in [0.25, 0.3) is 0 Å². The number of halogens is 1. The van der Waals surface area contributed by atoms with E-state index in [-0.39, 0.29) is 24.3 Å². The van der Waals surface area contributed by atoms with E-state index in [2.05, 4.69) is 6.08 Å². The largest absolute Gasteiger partial charge is 0.494 e. The van der Waals surface area contributed by atoms with Crippen molar-refractivity contribution in [2.75, 3.05) is 42.6 Å². The van der Waals surface area contributed by atoms with Crippen LogP contribution in [0.2, 0.25) is 5.02 Å². The van der Waals surface area contributed by atoms with Crippen molar-refractivity contribution in [2.24, 2.45) is 11.8 Å². The molecule has 2 aromatic carbocycles. The summed E-state index contributed by atoms with van der Waals surface area (Å²) in [5.41, 5.74) is 1.46. The molecule has 4 aliphatic heterocycles. The Bertz CT molecular complexity index is 1500. The summed E-state index contributed by atoms with van der Waals surface area (Å²) in [5.74, 6) is -1.05. The predicted molar refractivity (Wildman–Crippen MR) is 179 cm³/mol. The van der Waals surface area contributed by atoms with Gasteiger partial charge in [0, 0.05) is 47.4 Å². The van der Waals surface area contributed by atoms with Crippen LogP contribution in [0.5, 0.6) is 5.75 Å². The summed E-state index contributed by atoms with van der Waals surface area (Å²) in [5, 5.41) is 9.82. The highest BCUT2D eigenvalue weighted by atomic mass is 35.5. The zero-order chi connectivity index (χ0) is 31.8. The van der Waals surface area contributed by atoms with Gasteiger partial charge in [0.25, 0.3) is 5.91 Å². The summed E-state index contributed by atoms with van der Waals surface area (Å²) in [6.45, 7) is 5.81. The first-order valence-corrected chi connectivity index (χ1v) is 17.0. The fourth-order valence-corrected chi connectivity index (χ4v) is 9.77. The average Bonchev–Trinajstić information content (AvgIpc) is 3.29. The van der Waals surface area contributed by atoms with Crippen LogP contribution in [0.4, 0.5) is 11.4 Å². The number of anilines is 2. The molecule has 0 aromatic heterocycles.